The van der Waals surface area contributed by atoms with Gasteiger partial charge in [-0.05, 0) is 13.5 Å². The van der Waals surface area contributed by atoms with E-state index in [1.165, 1.54) is 6.92 Å². The molecule has 5 nitrogen and oxygen atoms in total. The minimum atomic E-state index is -0.375. The molecule has 1 fully saturated rings. The molecule has 2 unspecified atom stereocenters. The minimum Gasteiger partial charge on any atom is -0.400 e. The second-order valence-corrected chi connectivity index (χ2v) is 3.30. The number of β-amino-alcohol motifs (C(OH)–C–C–N with tert-alkyl or cyclic N) is 1. The van der Waals surface area contributed by atoms with Crippen LogP contribution in [0.2, 0.25) is 0 Å². The lowest BCUT2D eigenvalue weighted by Gasteiger charge is -2.34. The molecule has 0 radical (unpaired) electrons. The molecule has 0 aromatic carbocycles. The highest BCUT2D eigenvalue weighted by Gasteiger charge is 2.25. The summed E-state index contributed by atoms with van der Waals surface area (Å²) < 4.78 is 0. The smallest absolute Gasteiger partial charge is 0.219 e. The van der Waals surface area contributed by atoms with Gasteiger partial charge in [-0.1, -0.05) is 0 Å². The van der Waals surface area contributed by atoms with Crippen LogP contribution < -0.4 is 5.32 Å². The second kappa shape index (κ2) is 6.75. The summed E-state index contributed by atoms with van der Waals surface area (Å²) in [7, 11) is 2.85. The van der Waals surface area contributed by atoms with Crippen LogP contribution >= 0.6 is 0 Å². The van der Waals surface area contributed by atoms with Crippen LogP contribution in [0.3, 0.4) is 0 Å². The molecule has 5 heteroatoms. The number of piperidine rings is 1. The standard InChI is InChI=1S/C8H16N2O2.CH4O/c1-6(11)10-4-7(9-2)3-8(12)5-10;1-2/h7-9,12H,3-5H2,1-2H3;2H,1H3. The summed E-state index contributed by atoms with van der Waals surface area (Å²) >= 11 is 0. The Hall–Kier alpha value is -0.650. The zero-order chi connectivity index (χ0) is 11.1. The van der Waals surface area contributed by atoms with Crippen molar-refractivity contribution in [1.82, 2.24) is 10.2 Å². The van der Waals surface area contributed by atoms with E-state index in [1.807, 2.05) is 7.05 Å². The normalized spacial score (nSPS) is 26.5. The summed E-state index contributed by atoms with van der Waals surface area (Å²) in [6.07, 6.45) is 0.361. The van der Waals surface area contributed by atoms with Gasteiger partial charge in [-0.25, -0.2) is 0 Å². The fourth-order valence-corrected chi connectivity index (χ4v) is 1.54. The molecule has 0 aromatic heterocycles. The van der Waals surface area contributed by atoms with Gasteiger partial charge in [0.15, 0.2) is 0 Å². The summed E-state index contributed by atoms with van der Waals surface area (Å²) in [5, 5.41) is 19.5. The summed E-state index contributed by atoms with van der Waals surface area (Å²) in [4.78, 5) is 12.7. The van der Waals surface area contributed by atoms with Gasteiger partial charge >= 0.3 is 0 Å². The van der Waals surface area contributed by atoms with Crippen molar-refractivity contribution in [2.75, 3.05) is 27.2 Å². The maximum atomic E-state index is 11.0. The molecule has 0 aliphatic carbocycles. The number of nitrogens with one attached hydrogen (secondary N) is 1. The van der Waals surface area contributed by atoms with Gasteiger partial charge < -0.3 is 20.4 Å². The summed E-state index contributed by atoms with van der Waals surface area (Å²) in [5.41, 5.74) is 0. The molecule has 1 rings (SSSR count). The fourth-order valence-electron chi connectivity index (χ4n) is 1.54. The van der Waals surface area contributed by atoms with Crippen LogP contribution in [0.15, 0.2) is 0 Å². The second-order valence-electron chi connectivity index (χ2n) is 3.30. The SMILES string of the molecule is CNC1CC(O)CN(C(C)=O)C1.CO. The molecule has 0 bridgehead atoms. The average Bonchev–Trinajstić information content (AvgIpc) is 2.20. The number of nitrogens with zero attached hydrogens (tertiary/aromatic N) is 1. The number of carbonyl (C=O) groups excluding carboxylic acids is 1. The topological polar surface area (TPSA) is 72.8 Å². The van der Waals surface area contributed by atoms with Crippen molar-refractivity contribution in [3.05, 3.63) is 0 Å². The van der Waals surface area contributed by atoms with E-state index in [1.54, 1.807) is 4.90 Å². The van der Waals surface area contributed by atoms with E-state index in [9.17, 15) is 9.90 Å². The zero-order valence-electron chi connectivity index (χ0n) is 9.03. The van der Waals surface area contributed by atoms with Crippen molar-refractivity contribution in [3.8, 4) is 0 Å². The Morgan fingerprint density at radius 2 is 2.00 bits per heavy atom. The highest BCUT2D eigenvalue weighted by Crippen LogP contribution is 2.10. The van der Waals surface area contributed by atoms with E-state index in [0.717, 1.165) is 13.5 Å². The number of aliphatic hydroxyl groups is 2. The third kappa shape index (κ3) is 4.04. The number of hydrogen-bond acceptors (Lipinski definition) is 4. The van der Waals surface area contributed by atoms with Crippen LogP contribution in [0.4, 0.5) is 0 Å². The van der Waals surface area contributed by atoms with E-state index in [4.69, 9.17) is 5.11 Å². The number of likely N-dealkylation sites (tertiary alicyclic amines) is 1. The molecule has 2 atom stereocenters. The lowest BCUT2D eigenvalue weighted by atomic mass is 10.0. The summed E-state index contributed by atoms with van der Waals surface area (Å²) in [6.45, 7) is 2.72. The summed E-state index contributed by atoms with van der Waals surface area (Å²) in [6, 6.07) is 0.234. The van der Waals surface area contributed by atoms with Crippen molar-refractivity contribution < 1.29 is 15.0 Å². The van der Waals surface area contributed by atoms with Gasteiger partial charge in [0.05, 0.1) is 6.10 Å². The first kappa shape index (κ1) is 13.4. The molecule has 3 N–H and O–H groups in total. The molecular formula is C9H20N2O3. The molecule has 1 aliphatic rings. The van der Waals surface area contributed by atoms with Crippen LogP contribution in [-0.2, 0) is 4.79 Å². The minimum absolute atomic E-state index is 0.0361. The first-order chi connectivity index (χ1) is 6.63. The highest BCUT2D eigenvalue weighted by atomic mass is 16.3. The largest absolute Gasteiger partial charge is 0.400 e. The molecule has 0 aromatic rings. The number of rotatable bonds is 1. The Labute approximate surface area is 84.7 Å². The van der Waals surface area contributed by atoms with Gasteiger partial charge in [0, 0.05) is 33.2 Å². The number of likely N-dealkylation sites (N-methyl/N-ethyl adjacent to an activating group) is 1. The van der Waals surface area contributed by atoms with Crippen LogP contribution in [0.1, 0.15) is 13.3 Å². The lowest BCUT2D eigenvalue weighted by Crippen LogP contribution is -2.51. The molecule has 0 spiro atoms. The Balaban J connectivity index is 0.000000791. The number of carbonyl (C=O) groups is 1. The van der Waals surface area contributed by atoms with Gasteiger partial charge in [-0.15, -0.1) is 0 Å². The van der Waals surface area contributed by atoms with Crippen molar-refractivity contribution in [2.24, 2.45) is 0 Å². The first-order valence-electron chi connectivity index (χ1n) is 4.69. The number of aliphatic hydroxyl groups excluding tert-OH is 2. The molecule has 1 saturated heterocycles. The quantitative estimate of drug-likeness (QED) is 0.501. The molecule has 14 heavy (non-hydrogen) atoms. The van der Waals surface area contributed by atoms with Crippen molar-refractivity contribution in [2.45, 2.75) is 25.5 Å². The maximum Gasteiger partial charge on any atom is 0.219 e. The van der Waals surface area contributed by atoms with Crippen LogP contribution in [-0.4, -0.2) is 60.4 Å². The Morgan fingerprint density at radius 1 is 1.43 bits per heavy atom. The fraction of sp³-hybridized carbons (Fsp3) is 0.889. The van der Waals surface area contributed by atoms with Gasteiger partial charge in [-0.2, -0.15) is 0 Å². The van der Waals surface area contributed by atoms with E-state index in [-0.39, 0.29) is 18.1 Å². The van der Waals surface area contributed by atoms with Gasteiger partial charge in [0.1, 0.15) is 0 Å². The van der Waals surface area contributed by atoms with Crippen LogP contribution in [0, 0.1) is 0 Å². The summed E-state index contributed by atoms with van der Waals surface area (Å²) in [5.74, 6) is 0.0361. The van der Waals surface area contributed by atoms with Gasteiger partial charge in [0.25, 0.3) is 0 Å². The molecular weight excluding hydrogens is 184 g/mol. The molecule has 0 saturated carbocycles. The van der Waals surface area contributed by atoms with E-state index in [0.29, 0.717) is 13.1 Å². The third-order valence-electron chi connectivity index (χ3n) is 2.28. The zero-order valence-corrected chi connectivity index (χ0v) is 9.03. The molecule has 1 aliphatic heterocycles. The van der Waals surface area contributed by atoms with Crippen LogP contribution in [0.5, 0.6) is 0 Å². The monoisotopic (exact) mass is 204 g/mol. The van der Waals surface area contributed by atoms with Crippen LogP contribution in [0.25, 0.3) is 0 Å². The first-order valence-corrected chi connectivity index (χ1v) is 4.69. The van der Waals surface area contributed by atoms with Gasteiger partial charge in [0.2, 0.25) is 5.91 Å². The Bertz CT molecular complexity index is 175. The third-order valence-corrected chi connectivity index (χ3v) is 2.28. The number of hydrogen-bond donors (Lipinski definition) is 3. The molecule has 84 valence electrons. The number of amides is 1. The van der Waals surface area contributed by atoms with Crippen molar-refractivity contribution >= 4 is 5.91 Å². The average molecular weight is 204 g/mol. The van der Waals surface area contributed by atoms with Gasteiger partial charge in [-0.3, -0.25) is 4.79 Å². The predicted octanol–water partition coefficient (Wildman–Crippen LogP) is -1.20. The Morgan fingerprint density at radius 3 is 2.43 bits per heavy atom. The van der Waals surface area contributed by atoms with E-state index in [2.05, 4.69) is 5.32 Å². The van der Waals surface area contributed by atoms with Crippen molar-refractivity contribution in [3.63, 3.8) is 0 Å². The highest BCUT2D eigenvalue weighted by molar-refractivity contribution is 5.73. The molecule has 1 amide bonds. The lowest BCUT2D eigenvalue weighted by molar-refractivity contribution is -0.132. The van der Waals surface area contributed by atoms with E-state index >= 15 is 0 Å². The van der Waals surface area contributed by atoms with Crippen molar-refractivity contribution in [1.29, 1.82) is 0 Å². The molecule has 1 heterocycles. The predicted molar refractivity (Wildman–Crippen MR) is 53.9 cm³/mol. The maximum absolute atomic E-state index is 11.0. The van der Waals surface area contributed by atoms with E-state index < -0.39 is 0 Å². The Kier molecular flexibility index (Phi) is 6.44.